The molecule has 10 rings (SSSR count). The summed E-state index contributed by atoms with van der Waals surface area (Å²) in [6.45, 7) is 9.92. The number of rotatable bonds is 4. The Morgan fingerprint density at radius 3 is 2.52 bits per heavy atom. The van der Waals surface area contributed by atoms with Crippen molar-refractivity contribution in [2.24, 2.45) is 11.3 Å². The van der Waals surface area contributed by atoms with Crippen LogP contribution in [0.2, 0.25) is 0 Å². The van der Waals surface area contributed by atoms with E-state index in [1.165, 1.54) is 74.5 Å². The van der Waals surface area contributed by atoms with Crippen molar-refractivity contribution in [1.29, 1.82) is 0 Å². The van der Waals surface area contributed by atoms with E-state index in [1.54, 1.807) is 16.7 Å². The zero-order chi connectivity index (χ0) is 33.8. The molecule has 1 aromatic heterocycles. The fourth-order valence-corrected chi connectivity index (χ4v) is 10.9. The molecular weight excluding hydrogens is 605 g/mol. The second-order valence-corrected chi connectivity index (χ2v) is 16.6. The van der Waals surface area contributed by atoms with Crippen LogP contribution in [0.1, 0.15) is 101 Å². The van der Waals surface area contributed by atoms with Crippen LogP contribution in [0.5, 0.6) is 0 Å². The van der Waals surface area contributed by atoms with Gasteiger partial charge in [0.05, 0.1) is 5.52 Å². The Labute approximate surface area is 298 Å². The lowest BCUT2D eigenvalue weighted by Gasteiger charge is -2.40. The summed E-state index contributed by atoms with van der Waals surface area (Å²) in [5, 5.41) is 1.37. The highest BCUT2D eigenvalue weighted by atomic mass is 15.2. The first-order valence-corrected chi connectivity index (χ1v) is 19.1. The monoisotopic (exact) mass is 652 g/mol. The molecule has 2 nitrogen and oxygen atoms in total. The molecule has 50 heavy (non-hydrogen) atoms. The maximum Gasteiger partial charge on any atom is 0.0534 e. The summed E-state index contributed by atoms with van der Waals surface area (Å²) in [5.74, 6) is 0.973. The first-order chi connectivity index (χ1) is 24.3. The first-order valence-electron chi connectivity index (χ1n) is 19.1. The van der Waals surface area contributed by atoms with Gasteiger partial charge in [0.1, 0.15) is 0 Å². The van der Waals surface area contributed by atoms with Crippen LogP contribution < -0.4 is 0 Å². The van der Waals surface area contributed by atoms with E-state index >= 15 is 0 Å². The van der Waals surface area contributed by atoms with Crippen molar-refractivity contribution in [1.82, 2.24) is 9.47 Å². The molecule has 2 unspecified atom stereocenters. The normalized spacial score (nSPS) is 25.4. The molecule has 0 amide bonds. The highest BCUT2D eigenvalue weighted by molar-refractivity contribution is 5.95. The third-order valence-electron chi connectivity index (χ3n) is 13.4. The molecular formula is C48H48N2. The molecule has 0 saturated carbocycles. The highest BCUT2D eigenvalue weighted by Crippen LogP contribution is 2.58. The largest absolute Gasteiger partial charge is 0.318 e. The minimum absolute atomic E-state index is 0.0207. The van der Waals surface area contributed by atoms with E-state index in [9.17, 15) is 0 Å². The van der Waals surface area contributed by atoms with Gasteiger partial charge < -0.3 is 9.47 Å². The van der Waals surface area contributed by atoms with Crippen molar-refractivity contribution in [2.45, 2.75) is 90.4 Å². The first kappa shape index (κ1) is 30.3. The summed E-state index contributed by atoms with van der Waals surface area (Å²) in [5.41, 5.74) is 19.4. The van der Waals surface area contributed by atoms with Gasteiger partial charge in [-0.05, 0) is 115 Å². The van der Waals surface area contributed by atoms with Gasteiger partial charge in [0, 0.05) is 50.8 Å². The number of aromatic nitrogens is 1. The van der Waals surface area contributed by atoms with Gasteiger partial charge in [-0.2, -0.15) is 0 Å². The number of fused-ring (bicyclic) bond motifs is 8. The molecule has 7 aliphatic carbocycles. The minimum atomic E-state index is 0.0207. The van der Waals surface area contributed by atoms with Crippen molar-refractivity contribution in [3.8, 4) is 0 Å². The zero-order valence-corrected chi connectivity index (χ0v) is 30.1. The van der Waals surface area contributed by atoms with E-state index in [0.29, 0.717) is 11.8 Å². The van der Waals surface area contributed by atoms with E-state index in [-0.39, 0.29) is 10.8 Å². The molecule has 3 aromatic rings. The summed E-state index contributed by atoms with van der Waals surface area (Å²) in [4.78, 5) is 2.72. The summed E-state index contributed by atoms with van der Waals surface area (Å²) < 4.78 is 2.59. The van der Waals surface area contributed by atoms with Crippen molar-refractivity contribution in [2.75, 3.05) is 0 Å². The molecule has 0 saturated heterocycles. The molecule has 0 radical (unpaired) electrons. The van der Waals surface area contributed by atoms with E-state index < -0.39 is 0 Å². The van der Waals surface area contributed by atoms with Crippen LogP contribution in [-0.2, 0) is 11.8 Å². The van der Waals surface area contributed by atoms with Crippen LogP contribution in [0, 0.1) is 11.3 Å². The number of allylic oxidation sites excluding steroid dienone is 16. The van der Waals surface area contributed by atoms with Crippen molar-refractivity contribution in [3.05, 3.63) is 165 Å². The van der Waals surface area contributed by atoms with Crippen LogP contribution in [0.3, 0.4) is 0 Å². The summed E-state index contributed by atoms with van der Waals surface area (Å²) in [6, 6.07) is 18.3. The van der Waals surface area contributed by atoms with Crippen LogP contribution in [0.15, 0.2) is 143 Å². The number of para-hydroxylation sites is 1. The van der Waals surface area contributed by atoms with Gasteiger partial charge in [0.2, 0.25) is 0 Å². The lowest BCUT2D eigenvalue weighted by atomic mass is 9.71. The fourth-order valence-electron chi connectivity index (χ4n) is 10.9. The van der Waals surface area contributed by atoms with Crippen LogP contribution in [0.25, 0.3) is 22.7 Å². The molecule has 250 valence electrons. The Hall–Kier alpha value is -4.56. The molecule has 0 bridgehead atoms. The number of nitrogens with zero attached hydrogens (tertiary/aromatic N) is 2. The molecule has 0 spiro atoms. The molecule has 0 N–H and O–H groups in total. The van der Waals surface area contributed by atoms with E-state index in [1.807, 2.05) is 0 Å². The smallest absolute Gasteiger partial charge is 0.0534 e. The third kappa shape index (κ3) is 4.27. The van der Waals surface area contributed by atoms with Crippen LogP contribution in [-0.4, -0.2) is 9.47 Å². The predicted molar refractivity (Wildman–Crippen MR) is 209 cm³/mol. The highest BCUT2D eigenvalue weighted by Gasteiger charge is 2.47. The Morgan fingerprint density at radius 2 is 1.64 bits per heavy atom. The quantitative estimate of drug-likeness (QED) is 0.272. The third-order valence-corrected chi connectivity index (χ3v) is 13.4. The number of benzene rings is 2. The fraction of sp³-hybridized carbons (Fsp3) is 0.333. The molecule has 0 fully saturated rings. The topological polar surface area (TPSA) is 8.17 Å². The molecule has 1 heterocycles. The lowest BCUT2D eigenvalue weighted by Crippen LogP contribution is -2.31. The Bertz CT molecular complexity index is 2280. The molecule has 2 heteroatoms. The molecule has 7 aliphatic rings. The van der Waals surface area contributed by atoms with Crippen molar-refractivity contribution in [3.63, 3.8) is 0 Å². The van der Waals surface area contributed by atoms with E-state index in [0.717, 1.165) is 38.5 Å². The van der Waals surface area contributed by atoms with Crippen molar-refractivity contribution >= 4 is 22.7 Å². The number of hydrogen-bond donors (Lipinski definition) is 0. The minimum Gasteiger partial charge on any atom is -0.318 e. The second-order valence-electron chi connectivity index (χ2n) is 16.6. The Morgan fingerprint density at radius 1 is 0.800 bits per heavy atom. The van der Waals surface area contributed by atoms with E-state index in [2.05, 4.69) is 146 Å². The van der Waals surface area contributed by atoms with Gasteiger partial charge in [-0.15, -0.1) is 0 Å². The Balaban J connectivity index is 1.13. The Kier molecular flexibility index (Phi) is 6.64. The average molecular weight is 653 g/mol. The van der Waals surface area contributed by atoms with E-state index in [4.69, 9.17) is 0 Å². The number of hydrogen-bond acceptors (Lipinski definition) is 1. The van der Waals surface area contributed by atoms with Gasteiger partial charge in [-0.1, -0.05) is 118 Å². The summed E-state index contributed by atoms with van der Waals surface area (Å²) in [7, 11) is 0. The van der Waals surface area contributed by atoms with Crippen molar-refractivity contribution < 1.29 is 0 Å². The average Bonchev–Trinajstić information content (AvgIpc) is 3.69. The van der Waals surface area contributed by atoms with Gasteiger partial charge in [0.25, 0.3) is 0 Å². The molecule has 2 aromatic carbocycles. The SMILES string of the molecule is CC1(C)C2=CC(N(C3=Cc4c(n(C5=CC=CCC5)c5ccccc45)CC3)C3=CC=C4C5=C(CCC=C5)C(C)(C)C4C3)=CCC2c2ccccc21. The maximum atomic E-state index is 2.72. The van der Waals surface area contributed by atoms with Gasteiger partial charge in [-0.3, -0.25) is 0 Å². The van der Waals surface area contributed by atoms with Crippen LogP contribution >= 0.6 is 0 Å². The summed E-state index contributed by atoms with van der Waals surface area (Å²) in [6.07, 6.45) is 33.2. The lowest BCUT2D eigenvalue weighted by molar-refractivity contribution is 0.298. The molecule has 2 atom stereocenters. The zero-order valence-electron chi connectivity index (χ0n) is 30.1. The standard InChI is InChI=1S/C48H48N2/c1-47(2)41-19-11-8-16-35(41)37-25-22-33(29-43(37)47)49(34-23-26-38-36-17-9-12-20-42(36)48(3,4)44(38)30-34)32-24-27-46-40(28-32)39-18-10-13-21-45(39)50(46)31-14-6-5-7-15-31/h5-6,8-11,13-14,16-19,21-23,26,28-29,37,44H,7,12,15,20,24-25,27,30H2,1-4H3. The molecule has 0 aliphatic heterocycles. The second kappa shape index (κ2) is 11.0. The van der Waals surface area contributed by atoms with Crippen LogP contribution in [0.4, 0.5) is 0 Å². The summed E-state index contributed by atoms with van der Waals surface area (Å²) >= 11 is 0. The van der Waals surface area contributed by atoms with Gasteiger partial charge in [0.15, 0.2) is 0 Å². The maximum absolute atomic E-state index is 2.72. The van der Waals surface area contributed by atoms with Gasteiger partial charge >= 0.3 is 0 Å². The van der Waals surface area contributed by atoms with Gasteiger partial charge in [-0.25, -0.2) is 0 Å². The predicted octanol–water partition coefficient (Wildman–Crippen LogP) is 12.2.